The average Bonchev–Trinajstić information content (AvgIpc) is 2.61. The van der Waals surface area contributed by atoms with E-state index in [0.29, 0.717) is 13.0 Å². The van der Waals surface area contributed by atoms with Crippen LogP contribution in [-0.2, 0) is 11.2 Å². The molecule has 2 aromatic rings. The SMILES string of the molecule is CCN(CCc1ccncc1)C(=O)CCCOc1ccccc1. The Balaban J connectivity index is 1.68. The molecule has 4 heteroatoms. The molecule has 23 heavy (non-hydrogen) atoms. The number of hydrogen-bond donors (Lipinski definition) is 0. The molecule has 0 saturated heterocycles. The van der Waals surface area contributed by atoms with Crippen molar-refractivity contribution in [2.45, 2.75) is 26.2 Å². The van der Waals surface area contributed by atoms with Crippen molar-refractivity contribution in [3.63, 3.8) is 0 Å². The highest BCUT2D eigenvalue weighted by atomic mass is 16.5. The van der Waals surface area contributed by atoms with Gasteiger partial charge < -0.3 is 9.64 Å². The zero-order valence-corrected chi connectivity index (χ0v) is 13.6. The van der Waals surface area contributed by atoms with Crippen LogP contribution in [0.1, 0.15) is 25.3 Å². The molecule has 0 aliphatic heterocycles. The summed E-state index contributed by atoms with van der Waals surface area (Å²) >= 11 is 0. The van der Waals surface area contributed by atoms with Crippen LogP contribution in [0.15, 0.2) is 54.9 Å². The molecule has 2 rings (SSSR count). The van der Waals surface area contributed by atoms with Gasteiger partial charge in [0.25, 0.3) is 0 Å². The molecule has 122 valence electrons. The van der Waals surface area contributed by atoms with Gasteiger partial charge >= 0.3 is 0 Å². The van der Waals surface area contributed by atoms with Crippen molar-refractivity contribution < 1.29 is 9.53 Å². The highest BCUT2D eigenvalue weighted by Gasteiger charge is 2.11. The summed E-state index contributed by atoms with van der Waals surface area (Å²) in [6.07, 6.45) is 5.70. The van der Waals surface area contributed by atoms with Crippen LogP contribution in [0.3, 0.4) is 0 Å². The van der Waals surface area contributed by atoms with Crippen LogP contribution < -0.4 is 4.74 Å². The monoisotopic (exact) mass is 312 g/mol. The molecular weight excluding hydrogens is 288 g/mol. The Bertz CT molecular complexity index is 572. The number of ether oxygens (including phenoxy) is 1. The Morgan fingerprint density at radius 1 is 1.13 bits per heavy atom. The predicted octanol–water partition coefficient (Wildman–Crippen LogP) is 3.33. The number of rotatable bonds is 9. The van der Waals surface area contributed by atoms with Crippen LogP contribution in [-0.4, -0.2) is 35.5 Å². The first-order chi connectivity index (χ1) is 11.3. The molecule has 1 amide bonds. The Labute approximate surface area is 138 Å². The third-order valence-corrected chi connectivity index (χ3v) is 3.70. The maximum atomic E-state index is 12.3. The van der Waals surface area contributed by atoms with Gasteiger partial charge in [-0.15, -0.1) is 0 Å². The Kier molecular flexibility index (Phi) is 7.11. The first kappa shape index (κ1) is 17.0. The van der Waals surface area contributed by atoms with Gasteiger partial charge in [-0.3, -0.25) is 9.78 Å². The molecule has 0 saturated carbocycles. The summed E-state index contributed by atoms with van der Waals surface area (Å²) in [5.74, 6) is 1.04. The van der Waals surface area contributed by atoms with Gasteiger partial charge in [-0.05, 0) is 49.6 Å². The van der Waals surface area contributed by atoms with Gasteiger partial charge in [-0.1, -0.05) is 18.2 Å². The van der Waals surface area contributed by atoms with Crippen LogP contribution in [0.25, 0.3) is 0 Å². The molecule has 0 fully saturated rings. The number of carbonyl (C=O) groups excluding carboxylic acids is 1. The number of amides is 1. The molecule has 1 aromatic carbocycles. The molecule has 0 radical (unpaired) electrons. The lowest BCUT2D eigenvalue weighted by molar-refractivity contribution is -0.131. The number of pyridine rings is 1. The first-order valence-corrected chi connectivity index (χ1v) is 8.14. The van der Waals surface area contributed by atoms with Gasteiger partial charge in [-0.2, -0.15) is 0 Å². The van der Waals surface area contributed by atoms with Crippen molar-refractivity contribution in [1.82, 2.24) is 9.88 Å². The third-order valence-electron chi connectivity index (χ3n) is 3.70. The Morgan fingerprint density at radius 3 is 2.57 bits per heavy atom. The summed E-state index contributed by atoms with van der Waals surface area (Å²) in [6.45, 7) is 4.07. The zero-order valence-electron chi connectivity index (χ0n) is 13.6. The normalized spacial score (nSPS) is 10.3. The molecule has 0 aliphatic rings. The minimum atomic E-state index is 0.193. The van der Waals surface area contributed by atoms with Crippen molar-refractivity contribution in [2.24, 2.45) is 0 Å². The van der Waals surface area contributed by atoms with Gasteiger partial charge in [0.05, 0.1) is 6.61 Å². The van der Waals surface area contributed by atoms with Gasteiger partial charge in [0, 0.05) is 31.9 Å². The van der Waals surface area contributed by atoms with Crippen molar-refractivity contribution >= 4 is 5.91 Å². The predicted molar refractivity (Wildman–Crippen MR) is 91.4 cm³/mol. The minimum Gasteiger partial charge on any atom is -0.494 e. The van der Waals surface area contributed by atoms with E-state index in [1.54, 1.807) is 12.4 Å². The summed E-state index contributed by atoms with van der Waals surface area (Å²) in [4.78, 5) is 18.2. The molecular formula is C19H24N2O2. The quantitative estimate of drug-likeness (QED) is 0.667. The summed E-state index contributed by atoms with van der Waals surface area (Å²) in [5.41, 5.74) is 1.21. The summed E-state index contributed by atoms with van der Waals surface area (Å²) in [7, 11) is 0. The van der Waals surface area contributed by atoms with Gasteiger partial charge in [-0.25, -0.2) is 0 Å². The fourth-order valence-corrected chi connectivity index (χ4v) is 2.36. The standard InChI is InChI=1S/C19H24N2O2/c1-2-21(15-12-17-10-13-20-14-11-17)19(22)9-6-16-23-18-7-4-3-5-8-18/h3-5,7-8,10-11,13-14H,2,6,9,12,15-16H2,1H3. The van der Waals surface area contributed by atoms with Crippen molar-refractivity contribution in [3.05, 3.63) is 60.4 Å². The van der Waals surface area contributed by atoms with Crippen LogP contribution in [0, 0.1) is 0 Å². The molecule has 0 N–H and O–H groups in total. The molecule has 0 spiro atoms. The molecule has 1 heterocycles. The minimum absolute atomic E-state index is 0.193. The Hall–Kier alpha value is -2.36. The van der Waals surface area contributed by atoms with Gasteiger partial charge in [0.1, 0.15) is 5.75 Å². The van der Waals surface area contributed by atoms with Crippen molar-refractivity contribution in [3.8, 4) is 5.75 Å². The van der Waals surface area contributed by atoms with Crippen molar-refractivity contribution in [2.75, 3.05) is 19.7 Å². The van der Waals surface area contributed by atoms with Gasteiger partial charge in [0.2, 0.25) is 5.91 Å². The number of carbonyl (C=O) groups is 1. The maximum Gasteiger partial charge on any atom is 0.222 e. The van der Waals surface area contributed by atoms with E-state index in [0.717, 1.165) is 31.7 Å². The number of benzene rings is 1. The Morgan fingerprint density at radius 2 is 1.87 bits per heavy atom. The number of likely N-dealkylation sites (N-methyl/N-ethyl adjacent to an activating group) is 1. The summed E-state index contributed by atoms with van der Waals surface area (Å²) < 4.78 is 5.62. The first-order valence-electron chi connectivity index (χ1n) is 8.14. The highest BCUT2D eigenvalue weighted by molar-refractivity contribution is 5.76. The molecule has 4 nitrogen and oxygen atoms in total. The smallest absolute Gasteiger partial charge is 0.222 e. The van der Waals surface area contributed by atoms with Crippen molar-refractivity contribution in [1.29, 1.82) is 0 Å². The maximum absolute atomic E-state index is 12.3. The van der Waals surface area contributed by atoms with E-state index in [1.165, 1.54) is 5.56 Å². The van der Waals surface area contributed by atoms with E-state index >= 15 is 0 Å². The van der Waals surface area contributed by atoms with Crippen LogP contribution in [0.5, 0.6) is 5.75 Å². The second-order valence-electron chi connectivity index (χ2n) is 5.34. The van der Waals surface area contributed by atoms with E-state index in [9.17, 15) is 4.79 Å². The lowest BCUT2D eigenvalue weighted by atomic mass is 10.2. The summed E-state index contributed by atoms with van der Waals surface area (Å²) in [6, 6.07) is 13.7. The molecule has 0 aliphatic carbocycles. The number of aromatic nitrogens is 1. The number of nitrogens with zero attached hydrogens (tertiary/aromatic N) is 2. The second kappa shape index (κ2) is 9.62. The lowest BCUT2D eigenvalue weighted by Gasteiger charge is -2.21. The lowest BCUT2D eigenvalue weighted by Crippen LogP contribution is -2.32. The third kappa shape index (κ3) is 6.10. The molecule has 0 unspecified atom stereocenters. The van der Waals surface area contributed by atoms with Crippen LogP contribution >= 0.6 is 0 Å². The molecule has 0 atom stereocenters. The van der Waals surface area contributed by atoms with E-state index in [1.807, 2.05) is 54.3 Å². The largest absolute Gasteiger partial charge is 0.494 e. The zero-order chi connectivity index (χ0) is 16.3. The molecule has 1 aromatic heterocycles. The van der Waals surface area contributed by atoms with Gasteiger partial charge in [0.15, 0.2) is 0 Å². The number of hydrogen-bond acceptors (Lipinski definition) is 3. The number of para-hydroxylation sites is 1. The summed E-state index contributed by atoms with van der Waals surface area (Å²) in [5, 5.41) is 0. The van der Waals surface area contributed by atoms with E-state index in [-0.39, 0.29) is 5.91 Å². The van der Waals surface area contributed by atoms with Crippen LogP contribution in [0.2, 0.25) is 0 Å². The fourth-order valence-electron chi connectivity index (χ4n) is 2.36. The topological polar surface area (TPSA) is 42.4 Å². The van der Waals surface area contributed by atoms with E-state index in [2.05, 4.69) is 4.98 Å². The van der Waals surface area contributed by atoms with E-state index < -0.39 is 0 Å². The second-order valence-corrected chi connectivity index (χ2v) is 5.34. The average molecular weight is 312 g/mol. The van der Waals surface area contributed by atoms with E-state index in [4.69, 9.17) is 4.74 Å². The molecule has 0 bridgehead atoms. The van der Waals surface area contributed by atoms with Crippen LogP contribution in [0.4, 0.5) is 0 Å². The fraction of sp³-hybridized carbons (Fsp3) is 0.368. The highest BCUT2D eigenvalue weighted by Crippen LogP contribution is 2.09.